The van der Waals surface area contributed by atoms with Crippen LogP contribution in [0.4, 0.5) is 0 Å². The molecule has 2 aromatic rings. The minimum atomic E-state index is -0.258. The van der Waals surface area contributed by atoms with E-state index in [1.807, 2.05) is 42.5 Å². The van der Waals surface area contributed by atoms with Crippen LogP contribution in [0.5, 0.6) is 5.75 Å². The second-order valence-electron chi connectivity index (χ2n) is 3.89. The van der Waals surface area contributed by atoms with E-state index < -0.39 is 0 Å². The molecule has 4 heteroatoms. The topological polar surface area (TPSA) is 35.2 Å². The third-order valence-electron chi connectivity index (χ3n) is 2.78. The highest BCUT2D eigenvalue weighted by atomic mass is 79.9. The van der Waals surface area contributed by atoms with E-state index in [2.05, 4.69) is 15.9 Å². The predicted molar refractivity (Wildman–Crippen MR) is 78.2 cm³/mol. The summed E-state index contributed by atoms with van der Waals surface area (Å²) in [5.41, 5.74) is 8.15. The molecule has 0 aliphatic carbocycles. The second-order valence-corrected chi connectivity index (χ2v) is 5.15. The van der Waals surface area contributed by atoms with Gasteiger partial charge in [-0.3, -0.25) is 0 Å². The van der Waals surface area contributed by atoms with Gasteiger partial charge in [0, 0.05) is 10.0 Å². The minimum absolute atomic E-state index is 0.258. The Morgan fingerprint density at radius 2 is 1.94 bits per heavy atom. The van der Waals surface area contributed by atoms with Gasteiger partial charge in [0.1, 0.15) is 5.75 Å². The summed E-state index contributed by atoms with van der Waals surface area (Å²) < 4.78 is 6.18. The molecular formula is C14H13BrClNO. The van der Waals surface area contributed by atoms with Crippen molar-refractivity contribution in [3.8, 4) is 5.75 Å². The Morgan fingerprint density at radius 3 is 2.61 bits per heavy atom. The van der Waals surface area contributed by atoms with Crippen LogP contribution >= 0.6 is 27.5 Å². The van der Waals surface area contributed by atoms with Crippen LogP contribution < -0.4 is 10.5 Å². The van der Waals surface area contributed by atoms with E-state index in [9.17, 15) is 0 Å². The summed E-state index contributed by atoms with van der Waals surface area (Å²) >= 11 is 9.45. The van der Waals surface area contributed by atoms with Crippen molar-refractivity contribution in [1.29, 1.82) is 0 Å². The van der Waals surface area contributed by atoms with E-state index in [0.29, 0.717) is 5.02 Å². The molecule has 0 fully saturated rings. The van der Waals surface area contributed by atoms with Crippen molar-refractivity contribution in [3.63, 3.8) is 0 Å². The SMILES string of the molecule is COc1ccccc1C(N)c1ccc(Br)c(Cl)c1. The molecule has 94 valence electrons. The molecule has 1 atom stereocenters. The van der Waals surface area contributed by atoms with E-state index in [1.165, 1.54) is 0 Å². The lowest BCUT2D eigenvalue weighted by Crippen LogP contribution is -2.13. The fourth-order valence-electron chi connectivity index (χ4n) is 1.81. The largest absolute Gasteiger partial charge is 0.496 e. The van der Waals surface area contributed by atoms with Crippen molar-refractivity contribution in [2.75, 3.05) is 7.11 Å². The van der Waals surface area contributed by atoms with Crippen LogP contribution in [0.1, 0.15) is 17.2 Å². The molecule has 0 radical (unpaired) electrons. The summed E-state index contributed by atoms with van der Waals surface area (Å²) in [4.78, 5) is 0. The van der Waals surface area contributed by atoms with Crippen molar-refractivity contribution in [1.82, 2.24) is 0 Å². The van der Waals surface area contributed by atoms with Crippen LogP contribution in [0, 0.1) is 0 Å². The zero-order valence-electron chi connectivity index (χ0n) is 9.86. The maximum Gasteiger partial charge on any atom is 0.123 e. The van der Waals surface area contributed by atoms with Crippen molar-refractivity contribution in [2.45, 2.75) is 6.04 Å². The van der Waals surface area contributed by atoms with E-state index in [4.69, 9.17) is 22.1 Å². The van der Waals surface area contributed by atoms with Crippen molar-refractivity contribution >= 4 is 27.5 Å². The molecule has 2 nitrogen and oxygen atoms in total. The number of methoxy groups -OCH3 is 1. The molecule has 18 heavy (non-hydrogen) atoms. The Hall–Kier alpha value is -1.03. The van der Waals surface area contributed by atoms with E-state index >= 15 is 0 Å². The molecule has 2 aromatic carbocycles. The second kappa shape index (κ2) is 5.74. The predicted octanol–water partition coefficient (Wildman–Crippen LogP) is 4.16. The monoisotopic (exact) mass is 325 g/mol. The average molecular weight is 327 g/mol. The fourth-order valence-corrected chi connectivity index (χ4v) is 2.24. The molecule has 0 bridgehead atoms. The van der Waals surface area contributed by atoms with Crippen LogP contribution in [0.15, 0.2) is 46.9 Å². The van der Waals surface area contributed by atoms with Crippen molar-refractivity contribution in [3.05, 3.63) is 63.1 Å². The van der Waals surface area contributed by atoms with Gasteiger partial charge in [-0.2, -0.15) is 0 Å². The molecule has 0 heterocycles. The van der Waals surface area contributed by atoms with Crippen molar-refractivity contribution in [2.24, 2.45) is 5.73 Å². The summed E-state index contributed by atoms with van der Waals surface area (Å²) in [5.74, 6) is 0.782. The van der Waals surface area contributed by atoms with Crippen LogP contribution in [0.3, 0.4) is 0 Å². The molecule has 1 unspecified atom stereocenters. The third kappa shape index (κ3) is 2.69. The minimum Gasteiger partial charge on any atom is -0.496 e. The van der Waals surface area contributed by atoms with Gasteiger partial charge in [-0.1, -0.05) is 35.9 Å². The van der Waals surface area contributed by atoms with E-state index in [1.54, 1.807) is 7.11 Å². The third-order valence-corrected chi connectivity index (χ3v) is 4.01. The molecule has 2 rings (SSSR count). The van der Waals surface area contributed by atoms with Crippen LogP contribution in [0.25, 0.3) is 0 Å². The summed E-state index contributed by atoms with van der Waals surface area (Å²) in [6, 6.07) is 13.2. The van der Waals surface area contributed by atoms with Gasteiger partial charge < -0.3 is 10.5 Å². The fraction of sp³-hybridized carbons (Fsp3) is 0.143. The van der Waals surface area contributed by atoms with E-state index in [0.717, 1.165) is 21.3 Å². The number of hydrogen-bond acceptors (Lipinski definition) is 2. The maximum atomic E-state index is 6.26. The number of hydrogen-bond donors (Lipinski definition) is 1. The average Bonchev–Trinajstić information content (AvgIpc) is 2.41. The zero-order valence-corrected chi connectivity index (χ0v) is 12.2. The first kappa shape index (κ1) is 13.4. The first-order chi connectivity index (χ1) is 8.63. The molecular weight excluding hydrogens is 314 g/mol. The number of para-hydroxylation sites is 1. The van der Waals surface area contributed by atoms with Gasteiger partial charge >= 0.3 is 0 Å². The Bertz CT molecular complexity index is 559. The van der Waals surface area contributed by atoms with Crippen molar-refractivity contribution < 1.29 is 4.74 Å². The standard InChI is InChI=1S/C14H13BrClNO/c1-18-13-5-3-2-4-10(13)14(17)9-6-7-11(15)12(16)8-9/h2-8,14H,17H2,1H3. The van der Waals surface area contributed by atoms with Gasteiger partial charge in [-0.05, 0) is 39.7 Å². The quantitative estimate of drug-likeness (QED) is 0.919. The summed E-state index contributed by atoms with van der Waals surface area (Å²) in [6.07, 6.45) is 0. The summed E-state index contributed by atoms with van der Waals surface area (Å²) in [6.45, 7) is 0. The summed E-state index contributed by atoms with van der Waals surface area (Å²) in [5, 5.41) is 0.651. The number of halogens is 2. The zero-order chi connectivity index (χ0) is 13.1. The Kier molecular flexibility index (Phi) is 4.27. The lowest BCUT2D eigenvalue weighted by atomic mass is 9.99. The highest BCUT2D eigenvalue weighted by molar-refractivity contribution is 9.10. The van der Waals surface area contributed by atoms with Gasteiger partial charge in [0.05, 0.1) is 18.2 Å². The van der Waals surface area contributed by atoms with Gasteiger partial charge in [-0.15, -0.1) is 0 Å². The first-order valence-corrected chi connectivity index (χ1v) is 6.64. The highest BCUT2D eigenvalue weighted by Crippen LogP contribution is 2.31. The molecule has 0 saturated carbocycles. The summed E-state index contributed by atoms with van der Waals surface area (Å²) in [7, 11) is 1.64. The lowest BCUT2D eigenvalue weighted by molar-refractivity contribution is 0.408. The maximum absolute atomic E-state index is 6.26. The smallest absolute Gasteiger partial charge is 0.123 e. The number of rotatable bonds is 3. The Balaban J connectivity index is 2.41. The number of benzene rings is 2. The van der Waals surface area contributed by atoms with Crippen LogP contribution in [-0.4, -0.2) is 7.11 Å². The van der Waals surface area contributed by atoms with Gasteiger partial charge in [0.25, 0.3) is 0 Å². The van der Waals surface area contributed by atoms with Gasteiger partial charge in [0.2, 0.25) is 0 Å². The van der Waals surface area contributed by atoms with Gasteiger partial charge in [-0.25, -0.2) is 0 Å². The molecule has 0 saturated heterocycles. The Morgan fingerprint density at radius 1 is 1.22 bits per heavy atom. The van der Waals surface area contributed by atoms with Crippen LogP contribution in [0.2, 0.25) is 5.02 Å². The van der Waals surface area contributed by atoms with Crippen LogP contribution in [-0.2, 0) is 0 Å². The normalized spacial score (nSPS) is 12.2. The molecule has 2 N–H and O–H groups in total. The number of ether oxygens (including phenoxy) is 1. The Labute approximate surface area is 120 Å². The van der Waals surface area contributed by atoms with Gasteiger partial charge in [0.15, 0.2) is 0 Å². The lowest BCUT2D eigenvalue weighted by Gasteiger charge is -2.16. The molecule has 0 aliphatic rings. The molecule has 0 aliphatic heterocycles. The molecule has 0 amide bonds. The van der Waals surface area contributed by atoms with E-state index in [-0.39, 0.29) is 6.04 Å². The highest BCUT2D eigenvalue weighted by Gasteiger charge is 2.14. The first-order valence-electron chi connectivity index (χ1n) is 5.47. The molecule has 0 spiro atoms. The number of nitrogens with two attached hydrogens (primary N) is 1. The molecule has 0 aromatic heterocycles.